The third-order valence-electron chi connectivity index (χ3n) is 2.90. The summed E-state index contributed by atoms with van der Waals surface area (Å²) in [5.74, 6) is 0.754. The molecule has 1 heterocycles. The molecular formula is C15H17NOS2. The normalized spacial score (nSPS) is 10.7. The Labute approximate surface area is 122 Å². The maximum absolute atomic E-state index is 12.0. The second kappa shape index (κ2) is 6.35. The Balaban J connectivity index is 1.90. The average Bonchev–Trinajstić information content (AvgIpc) is 2.67. The van der Waals surface area contributed by atoms with E-state index < -0.39 is 0 Å². The van der Waals surface area contributed by atoms with Crippen molar-refractivity contribution in [3.63, 3.8) is 0 Å². The van der Waals surface area contributed by atoms with Gasteiger partial charge in [-0.2, -0.15) is 0 Å². The van der Waals surface area contributed by atoms with Crippen molar-refractivity contribution in [1.82, 2.24) is 4.98 Å². The molecule has 2 nitrogen and oxygen atoms in total. The second-order valence-electron chi connectivity index (χ2n) is 4.52. The SMILES string of the molecule is Cc1ccccc1SCC(=O)Cc1nc(C)c(C)s1. The van der Waals surface area contributed by atoms with Gasteiger partial charge in [0, 0.05) is 9.77 Å². The average molecular weight is 291 g/mol. The van der Waals surface area contributed by atoms with Crippen molar-refractivity contribution >= 4 is 28.9 Å². The van der Waals surface area contributed by atoms with Crippen molar-refractivity contribution in [3.8, 4) is 0 Å². The first kappa shape index (κ1) is 14.3. The smallest absolute Gasteiger partial charge is 0.149 e. The predicted molar refractivity (Wildman–Crippen MR) is 82.2 cm³/mol. The largest absolute Gasteiger partial charge is 0.298 e. The van der Waals surface area contributed by atoms with Crippen molar-refractivity contribution in [3.05, 3.63) is 45.4 Å². The predicted octanol–water partition coefficient (Wildman–Crippen LogP) is 3.97. The molecule has 0 fully saturated rings. The molecule has 2 rings (SSSR count). The highest BCUT2D eigenvalue weighted by molar-refractivity contribution is 8.00. The summed E-state index contributed by atoms with van der Waals surface area (Å²) in [5, 5.41) is 0.936. The fourth-order valence-corrected chi connectivity index (χ4v) is 3.56. The lowest BCUT2D eigenvalue weighted by atomic mass is 10.2. The van der Waals surface area contributed by atoms with Crippen LogP contribution < -0.4 is 0 Å². The molecule has 0 bridgehead atoms. The highest BCUT2D eigenvalue weighted by atomic mass is 32.2. The van der Waals surface area contributed by atoms with Gasteiger partial charge in [0.25, 0.3) is 0 Å². The van der Waals surface area contributed by atoms with Crippen molar-refractivity contribution in [2.75, 3.05) is 5.75 Å². The molecule has 0 saturated heterocycles. The molecule has 100 valence electrons. The van der Waals surface area contributed by atoms with E-state index >= 15 is 0 Å². The summed E-state index contributed by atoms with van der Waals surface area (Å²) >= 11 is 3.24. The number of thioether (sulfide) groups is 1. The molecule has 0 aliphatic carbocycles. The number of carbonyl (C=O) groups excluding carboxylic acids is 1. The van der Waals surface area contributed by atoms with Crippen molar-refractivity contribution in [1.29, 1.82) is 0 Å². The molecule has 0 aliphatic heterocycles. The van der Waals surface area contributed by atoms with Gasteiger partial charge in [0.15, 0.2) is 0 Å². The zero-order chi connectivity index (χ0) is 13.8. The van der Waals surface area contributed by atoms with Crippen LogP contribution in [-0.2, 0) is 11.2 Å². The highest BCUT2D eigenvalue weighted by Gasteiger charge is 2.10. The zero-order valence-corrected chi connectivity index (χ0v) is 13.0. The number of hydrogen-bond donors (Lipinski definition) is 0. The van der Waals surface area contributed by atoms with Gasteiger partial charge in [0.1, 0.15) is 10.8 Å². The van der Waals surface area contributed by atoms with Gasteiger partial charge in [-0.15, -0.1) is 23.1 Å². The van der Waals surface area contributed by atoms with Crippen molar-refractivity contribution in [2.24, 2.45) is 0 Å². The molecule has 0 N–H and O–H groups in total. The lowest BCUT2D eigenvalue weighted by Gasteiger charge is -2.03. The van der Waals surface area contributed by atoms with E-state index in [0.717, 1.165) is 10.7 Å². The Bertz CT molecular complexity index is 570. The standard InChI is InChI=1S/C15H17NOS2/c1-10-6-4-5-7-14(10)18-9-13(17)8-15-16-11(2)12(3)19-15/h4-7H,8-9H2,1-3H3. The van der Waals surface area contributed by atoms with E-state index in [9.17, 15) is 4.79 Å². The second-order valence-corrected chi connectivity index (χ2v) is 6.82. The molecule has 0 saturated carbocycles. The van der Waals surface area contributed by atoms with Crippen LogP contribution >= 0.6 is 23.1 Å². The molecule has 0 spiro atoms. The van der Waals surface area contributed by atoms with Crippen LogP contribution in [0, 0.1) is 20.8 Å². The van der Waals surface area contributed by atoms with Gasteiger partial charge in [-0.1, -0.05) is 18.2 Å². The molecular weight excluding hydrogens is 274 g/mol. The molecule has 0 radical (unpaired) electrons. The molecule has 1 aromatic heterocycles. The van der Waals surface area contributed by atoms with E-state index in [0.29, 0.717) is 12.2 Å². The summed E-state index contributed by atoms with van der Waals surface area (Å²) in [5.41, 5.74) is 2.26. The summed E-state index contributed by atoms with van der Waals surface area (Å²) < 4.78 is 0. The Morgan fingerprint density at radius 3 is 2.63 bits per heavy atom. The van der Waals surface area contributed by atoms with Crippen LogP contribution in [0.25, 0.3) is 0 Å². The van der Waals surface area contributed by atoms with Crippen LogP contribution in [0.2, 0.25) is 0 Å². The van der Waals surface area contributed by atoms with Crippen LogP contribution in [0.4, 0.5) is 0 Å². The number of thiazole rings is 1. The first-order valence-electron chi connectivity index (χ1n) is 6.19. The van der Waals surface area contributed by atoms with Gasteiger partial charge in [-0.25, -0.2) is 4.98 Å². The minimum atomic E-state index is 0.238. The minimum absolute atomic E-state index is 0.238. The summed E-state index contributed by atoms with van der Waals surface area (Å²) in [4.78, 5) is 18.8. The first-order chi connectivity index (χ1) is 9.06. The maximum Gasteiger partial charge on any atom is 0.149 e. The quantitative estimate of drug-likeness (QED) is 0.781. The lowest BCUT2D eigenvalue weighted by Crippen LogP contribution is -2.05. The topological polar surface area (TPSA) is 30.0 Å². The third-order valence-corrected chi connectivity index (χ3v) is 5.21. The number of Topliss-reactive ketones (excluding diaryl/α,β-unsaturated/α-hetero) is 1. The van der Waals surface area contributed by atoms with E-state index in [1.165, 1.54) is 15.3 Å². The molecule has 19 heavy (non-hydrogen) atoms. The molecule has 2 aromatic rings. The third kappa shape index (κ3) is 3.91. The molecule has 0 amide bonds. The highest BCUT2D eigenvalue weighted by Crippen LogP contribution is 2.23. The van der Waals surface area contributed by atoms with Crippen LogP contribution in [0.1, 0.15) is 21.1 Å². The summed E-state index contributed by atoms with van der Waals surface area (Å²) in [6.45, 7) is 6.10. The number of benzene rings is 1. The van der Waals surface area contributed by atoms with E-state index in [1.807, 2.05) is 26.0 Å². The van der Waals surface area contributed by atoms with E-state index in [4.69, 9.17) is 0 Å². The van der Waals surface area contributed by atoms with E-state index in [2.05, 4.69) is 24.0 Å². The van der Waals surface area contributed by atoms with Crippen molar-refractivity contribution in [2.45, 2.75) is 32.1 Å². The molecule has 4 heteroatoms. The number of aryl methyl sites for hydroxylation is 3. The first-order valence-corrected chi connectivity index (χ1v) is 7.99. The number of aromatic nitrogens is 1. The number of nitrogens with zero attached hydrogens (tertiary/aromatic N) is 1. The van der Waals surface area contributed by atoms with Gasteiger partial charge < -0.3 is 0 Å². The molecule has 0 atom stereocenters. The zero-order valence-electron chi connectivity index (χ0n) is 11.4. The fraction of sp³-hybridized carbons (Fsp3) is 0.333. The number of rotatable bonds is 5. The van der Waals surface area contributed by atoms with E-state index in [1.54, 1.807) is 23.1 Å². The van der Waals surface area contributed by atoms with Crippen LogP contribution in [0.15, 0.2) is 29.2 Å². The van der Waals surface area contributed by atoms with Gasteiger partial charge in [-0.05, 0) is 32.4 Å². The lowest BCUT2D eigenvalue weighted by molar-refractivity contribution is -0.116. The number of carbonyl (C=O) groups is 1. The van der Waals surface area contributed by atoms with Crippen molar-refractivity contribution < 1.29 is 4.79 Å². The summed E-state index contributed by atoms with van der Waals surface area (Å²) in [6.07, 6.45) is 0.457. The molecule has 1 aromatic carbocycles. The molecule has 0 unspecified atom stereocenters. The van der Waals surface area contributed by atoms with Gasteiger partial charge in [0.05, 0.1) is 17.9 Å². The van der Waals surface area contributed by atoms with Crippen LogP contribution in [0.5, 0.6) is 0 Å². The monoisotopic (exact) mass is 291 g/mol. The number of hydrogen-bond acceptors (Lipinski definition) is 4. The Morgan fingerprint density at radius 2 is 2.00 bits per heavy atom. The fourth-order valence-electron chi connectivity index (χ4n) is 1.71. The summed E-state index contributed by atoms with van der Waals surface area (Å²) in [7, 11) is 0. The van der Waals surface area contributed by atoms with Gasteiger partial charge in [-0.3, -0.25) is 4.79 Å². The Hall–Kier alpha value is -1.13. The van der Waals surface area contributed by atoms with E-state index in [-0.39, 0.29) is 5.78 Å². The minimum Gasteiger partial charge on any atom is -0.298 e. The number of ketones is 1. The van der Waals surface area contributed by atoms with Crippen LogP contribution in [0.3, 0.4) is 0 Å². The molecule has 0 aliphatic rings. The van der Waals surface area contributed by atoms with Gasteiger partial charge >= 0.3 is 0 Å². The maximum atomic E-state index is 12.0. The Morgan fingerprint density at radius 1 is 1.26 bits per heavy atom. The van der Waals surface area contributed by atoms with Gasteiger partial charge in [0.2, 0.25) is 0 Å². The van der Waals surface area contributed by atoms with Crippen LogP contribution in [-0.4, -0.2) is 16.5 Å². The Kier molecular flexibility index (Phi) is 4.77. The summed E-state index contributed by atoms with van der Waals surface area (Å²) in [6, 6.07) is 8.15.